The first kappa shape index (κ1) is 17.5. The van der Waals surface area contributed by atoms with Gasteiger partial charge in [0.25, 0.3) is 5.91 Å². The second kappa shape index (κ2) is 6.99. The molecule has 0 saturated carbocycles. The van der Waals surface area contributed by atoms with Crippen molar-refractivity contribution in [2.24, 2.45) is 4.99 Å². The number of hydrogen-bond acceptors (Lipinski definition) is 5. The van der Waals surface area contributed by atoms with Crippen LogP contribution in [0, 0.1) is 0 Å². The highest BCUT2D eigenvalue weighted by atomic mass is 16.3. The highest BCUT2D eigenvalue weighted by molar-refractivity contribution is 6.14. The highest BCUT2D eigenvalue weighted by Crippen LogP contribution is 2.24. The van der Waals surface area contributed by atoms with Crippen molar-refractivity contribution in [3.05, 3.63) is 59.9 Å². The van der Waals surface area contributed by atoms with Gasteiger partial charge in [-0.05, 0) is 36.4 Å². The zero-order valence-electron chi connectivity index (χ0n) is 15.0. The zero-order chi connectivity index (χ0) is 19.7. The van der Waals surface area contributed by atoms with Crippen LogP contribution in [0.25, 0.3) is 16.6 Å². The molecule has 0 saturated heterocycles. The van der Waals surface area contributed by atoms with E-state index in [0.717, 1.165) is 16.6 Å². The number of fused-ring (bicyclic) bond motifs is 1. The molecule has 0 fully saturated rings. The number of para-hydroxylation sites is 2. The first-order valence-corrected chi connectivity index (χ1v) is 8.62. The quantitative estimate of drug-likeness (QED) is 0.526. The molecule has 1 aromatic heterocycles. The third-order valence-corrected chi connectivity index (χ3v) is 4.24. The Morgan fingerprint density at radius 1 is 1.14 bits per heavy atom. The van der Waals surface area contributed by atoms with Crippen LogP contribution in [-0.4, -0.2) is 39.3 Å². The molecular formula is C20H17N5O3. The van der Waals surface area contributed by atoms with Gasteiger partial charge < -0.3 is 20.7 Å². The summed E-state index contributed by atoms with van der Waals surface area (Å²) in [6.45, 7) is 1.73. The second-order valence-electron chi connectivity index (χ2n) is 6.34. The molecule has 0 spiro atoms. The molecule has 1 aliphatic rings. The molecule has 8 nitrogen and oxygen atoms in total. The third kappa shape index (κ3) is 3.48. The van der Waals surface area contributed by atoms with Crippen LogP contribution in [0.3, 0.4) is 0 Å². The third-order valence-electron chi connectivity index (χ3n) is 4.24. The normalized spacial score (nSPS) is 13.2. The van der Waals surface area contributed by atoms with Crippen LogP contribution in [0.15, 0.2) is 53.5 Å². The van der Waals surface area contributed by atoms with Crippen LogP contribution in [0.1, 0.15) is 23.1 Å². The van der Waals surface area contributed by atoms with Gasteiger partial charge in [0.2, 0.25) is 5.91 Å². The Kier molecular flexibility index (Phi) is 4.36. The Morgan fingerprint density at radius 3 is 2.75 bits per heavy atom. The van der Waals surface area contributed by atoms with Crippen molar-refractivity contribution >= 4 is 39.9 Å². The number of nitrogens with one attached hydrogen (secondary N) is 3. The summed E-state index contributed by atoms with van der Waals surface area (Å²) >= 11 is 0. The molecule has 140 valence electrons. The van der Waals surface area contributed by atoms with Gasteiger partial charge in [0.1, 0.15) is 17.4 Å². The van der Waals surface area contributed by atoms with Gasteiger partial charge in [-0.2, -0.15) is 0 Å². The summed E-state index contributed by atoms with van der Waals surface area (Å²) in [6, 6.07) is 12.0. The molecule has 0 aliphatic carbocycles. The molecule has 4 N–H and O–H groups in total. The van der Waals surface area contributed by atoms with Crippen molar-refractivity contribution in [2.75, 3.05) is 11.9 Å². The van der Waals surface area contributed by atoms with E-state index in [4.69, 9.17) is 0 Å². The zero-order valence-corrected chi connectivity index (χ0v) is 15.0. The fourth-order valence-corrected chi connectivity index (χ4v) is 2.91. The summed E-state index contributed by atoms with van der Waals surface area (Å²) < 4.78 is 0. The Hall–Kier alpha value is -3.94. The molecule has 0 atom stereocenters. The van der Waals surface area contributed by atoms with Crippen LogP contribution in [0.4, 0.5) is 5.69 Å². The number of aromatic amines is 1. The number of phenols is 1. The number of carbonyl (C=O) groups excluding carboxylic acids is 2. The van der Waals surface area contributed by atoms with E-state index in [1.165, 1.54) is 25.1 Å². The smallest absolute Gasteiger partial charge is 0.256 e. The number of H-pyrrole nitrogens is 1. The number of rotatable bonds is 3. The maximum atomic E-state index is 12.5. The number of carbonyl (C=O) groups is 2. The number of aliphatic imine (C=N–C) groups is 1. The summed E-state index contributed by atoms with van der Waals surface area (Å²) in [5, 5.41) is 15.0. The fraction of sp³-hybridized carbons (Fsp3) is 0.100. The van der Waals surface area contributed by atoms with E-state index < -0.39 is 5.91 Å². The molecule has 3 aromatic rings. The lowest BCUT2D eigenvalue weighted by molar-refractivity contribution is -0.114. The summed E-state index contributed by atoms with van der Waals surface area (Å²) in [5.74, 6) is 0.289. The first-order chi connectivity index (χ1) is 13.5. The molecule has 4 rings (SSSR count). The van der Waals surface area contributed by atoms with Gasteiger partial charge in [0, 0.05) is 18.1 Å². The number of benzene rings is 2. The standard InChI is InChI=1S/C20H17N5O3/c1-11(26)22-16-8-12(6-7-17(16)27)20(28)25-18-9-13(10-21-18)19-23-14-4-2-3-5-15(14)24-19/h2-9,27H,10H2,1H3,(H,22,26)(H,23,24)(H,21,25,28). The van der Waals surface area contributed by atoms with E-state index in [0.29, 0.717) is 18.2 Å². The Morgan fingerprint density at radius 2 is 1.96 bits per heavy atom. The fourth-order valence-electron chi connectivity index (χ4n) is 2.91. The van der Waals surface area contributed by atoms with Crippen molar-refractivity contribution in [1.29, 1.82) is 0 Å². The molecule has 0 radical (unpaired) electrons. The minimum atomic E-state index is -0.396. The van der Waals surface area contributed by atoms with Crippen molar-refractivity contribution in [3.63, 3.8) is 0 Å². The van der Waals surface area contributed by atoms with Gasteiger partial charge in [0.05, 0.1) is 23.3 Å². The van der Waals surface area contributed by atoms with Crippen molar-refractivity contribution in [3.8, 4) is 5.75 Å². The minimum absolute atomic E-state index is 0.114. The minimum Gasteiger partial charge on any atom is -0.506 e. The van der Waals surface area contributed by atoms with Crippen molar-refractivity contribution < 1.29 is 14.7 Å². The molecule has 2 amide bonds. The molecule has 0 unspecified atom stereocenters. The van der Waals surface area contributed by atoms with Crippen LogP contribution in [0.5, 0.6) is 5.75 Å². The predicted octanol–water partition coefficient (Wildman–Crippen LogP) is 2.45. The van der Waals surface area contributed by atoms with E-state index >= 15 is 0 Å². The van der Waals surface area contributed by atoms with Gasteiger partial charge in [-0.3, -0.25) is 14.6 Å². The molecule has 8 heteroatoms. The molecule has 28 heavy (non-hydrogen) atoms. The Labute approximate surface area is 160 Å². The lowest BCUT2D eigenvalue weighted by Crippen LogP contribution is -2.28. The Balaban J connectivity index is 1.50. The maximum Gasteiger partial charge on any atom is 0.256 e. The largest absolute Gasteiger partial charge is 0.506 e. The van der Waals surface area contributed by atoms with E-state index in [2.05, 4.69) is 25.6 Å². The Bertz CT molecular complexity index is 1130. The predicted molar refractivity (Wildman–Crippen MR) is 106 cm³/mol. The van der Waals surface area contributed by atoms with Gasteiger partial charge in [-0.15, -0.1) is 0 Å². The van der Waals surface area contributed by atoms with Gasteiger partial charge in [0.15, 0.2) is 0 Å². The molecular weight excluding hydrogens is 358 g/mol. The highest BCUT2D eigenvalue weighted by Gasteiger charge is 2.17. The van der Waals surface area contributed by atoms with E-state index in [9.17, 15) is 14.7 Å². The van der Waals surface area contributed by atoms with Gasteiger partial charge >= 0.3 is 0 Å². The van der Waals surface area contributed by atoms with Crippen LogP contribution in [0.2, 0.25) is 0 Å². The average Bonchev–Trinajstić information content (AvgIpc) is 3.29. The number of phenolic OH excluding ortho intramolecular Hbond substituents is 1. The monoisotopic (exact) mass is 375 g/mol. The van der Waals surface area contributed by atoms with Crippen LogP contribution < -0.4 is 10.6 Å². The molecule has 2 aromatic carbocycles. The van der Waals surface area contributed by atoms with E-state index in [1.54, 1.807) is 6.08 Å². The number of aromatic nitrogens is 2. The summed E-state index contributed by atoms with van der Waals surface area (Å²) in [4.78, 5) is 35.8. The SMILES string of the molecule is CC(=O)Nc1cc(C(=O)NC2=NCC(c3nc4ccccc4[nH]3)=C2)ccc1O. The second-order valence-corrected chi connectivity index (χ2v) is 6.34. The van der Waals surface area contributed by atoms with Gasteiger partial charge in [-0.25, -0.2) is 4.98 Å². The van der Waals surface area contributed by atoms with Crippen molar-refractivity contribution in [1.82, 2.24) is 15.3 Å². The molecule has 0 bridgehead atoms. The van der Waals surface area contributed by atoms with Gasteiger partial charge in [-0.1, -0.05) is 12.1 Å². The number of imidazole rings is 1. The number of anilines is 1. The molecule has 1 aliphatic heterocycles. The van der Waals surface area contributed by atoms with Crippen molar-refractivity contribution in [2.45, 2.75) is 6.92 Å². The maximum absolute atomic E-state index is 12.5. The van der Waals surface area contributed by atoms with Crippen LogP contribution >= 0.6 is 0 Å². The number of hydrogen-bond donors (Lipinski definition) is 4. The number of nitrogens with zero attached hydrogens (tertiary/aromatic N) is 2. The lowest BCUT2D eigenvalue weighted by atomic mass is 10.1. The average molecular weight is 375 g/mol. The molecule has 2 heterocycles. The summed E-state index contributed by atoms with van der Waals surface area (Å²) in [5.41, 5.74) is 3.13. The topological polar surface area (TPSA) is 119 Å². The lowest BCUT2D eigenvalue weighted by Gasteiger charge is -2.08. The summed E-state index contributed by atoms with van der Waals surface area (Å²) in [7, 11) is 0. The van der Waals surface area contributed by atoms with E-state index in [1.807, 2.05) is 24.3 Å². The number of amidine groups is 1. The van der Waals surface area contributed by atoms with E-state index in [-0.39, 0.29) is 22.9 Å². The van der Waals surface area contributed by atoms with Crippen LogP contribution in [-0.2, 0) is 4.79 Å². The number of aromatic hydroxyl groups is 1. The summed E-state index contributed by atoms with van der Waals surface area (Å²) in [6.07, 6.45) is 1.77. The number of amides is 2. The first-order valence-electron chi connectivity index (χ1n) is 8.62.